The van der Waals surface area contributed by atoms with E-state index in [1.807, 2.05) is 12.1 Å². The zero-order chi connectivity index (χ0) is 13.4. The van der Waals surface area contributed by atoms with Crippen LogP contribution in [0.2, 0.25) is 5.15 Å². The first-order valence-corrected chi connectivity index (χ1v) is 6.92. The summed E-state index contributed by atoms with van der Waals surface area (Å²) < 4.78 is 5.19. The molecule has 0 unspecified atom stereocenters. The molecule has 4 heteroatoms. The number of nitrogens with zero attached hydrogens (tertiary/aromatic N) is 2. The van der Waals surface area contributed by atoms with Crippen LogP contribution in [0.4, 0.5) is 0 Å². The van der Waals surface area contributed by atoms with Crippen LogP contribution in [0.15, 0.2) is 18.3 Å². The Morgan fingerprint density at radius 2 is 2.11 bits per heavy atom. The van der Waals surface area contributed by atoms with Crippen molar-refractivity contribution in [1.82, 2.24) is 9.88 Å². The van der Waals surface area contributed by atoms with Gasteiger partial charge in [0.25, 0.3) is 0 Å². The van der Waals surface area contributed by atoms with Gasteiger partial charge in [0.2, 0.25) is 0 Å². The lowest BCUT2D eigenvalue weighted by atomic mass is 10.1. The zero-order valence-electron chi connectivity index (χ0n) is 11.5. The Balaban J connectivity index is 2.70. The predicted molar refractivity (Wildman–Crippen MR) is 75.9 cm³/mol. The third-order valence-corrected chi connectivity index (χ3v) is 3.42. The van der Waals surface area contributed by atoms with Crippen LogP contribution in [0.5, 0.6) is 0 Å². The Morgan fingerprint density at radius 3 is 2.67 bits per heavy atom. The SMILES string of the molecule is CCC(CC)N(CCOC)Cc1ccnc(Cl)c1. The van der Waals surface area contributed by atoms with Crippen molar-refractivity contribution in [2.45, 2.75) is 39.3 Å². The Hall–Kier alpha value is -0.640. The van der Waals surface area contributed by atoms with E-state index < -0.39 is 0 Å². The second-order valence-electron chi connectivity index (χ2n) is 4.42. The maximum atomic E-state index is 5.93. The Kier molecular flexibility index (Phi) is 7.25. The van der Waals surface area contributed by atoms with Crippen LogP contribution in [0, 0.1) is 0 Å². The number of rotatable bonds is 8. The van der Waals surface area contributed by atoms with E-state index in [-0.39, 0.29) is 0 Å². The highest BCUT2D eigenvalue weighted by molar-refractivity contribution is 6.29. The molecule has 0 aliphatic carbocycles. The van der Waals surface area contributed by atoms with E-state index in [0.717, 1.165) is 32.5 Å². The van der Waals surface area contributed by atoms with Crippen LogP contribution in [0.1, 0.15) is 32.3 Å². The van der Waals surface area contributed by atoms with E-state index in [9.17, 15) is 0 Å². The van der Waals surface area contributed by atoms with Gasteiger partial charge in [0.1, 0.15) is 5.15 Å². The maximum Gasteiger partial charge on any atom is 0.129 e. The molecule has 0 bridgehead atoms. The molecule has 0 aliphatic heterocycles. The van der Waals surface area contributed by atoms with E-state index >= 15 is 0 Å². The number of hydrogen-bond donors (Lipinski definition) is 0. The summed E-state index contributed by atoms with van der Waals surface area (Å²) in [6, 6.07) is 4.55. The monoisotopic (exact) mass is 270 g/mol. The van der Waals surface area contributed by atoms with Gasteiger partial charge in [0.15, 0.2) is 0 Å². The molecule has 0 spiro atoms. The largest absolute Gasteiger partial charge is 0.383 e. The Morgan fingerprint density at radius 1 is 1.39 bits per heavy atom. The minimum Gasteiger partial charge on any atom is -0.383 e. The molecule has 0 fully saturated rings. The normalized spacial score (nSPS) is 11.4. The van der Waals surface area contributed by atoms with Crippen LogP contribution in [0.25, 0.3) is 0 Å². The van der Waals surface area contributed by atoms with Gasteiger partial charge in [-0.1, -0.05) is 25.4 Å². The number of hydrogen-bond acceptors (Lipinski definition) is 3. The van der Waals surface area contributed by atoms with Crippen molar-refractivity contribution in [3.8, 4) is 0 Å². The fourth-order valence-corrected chi connectivity index (χ4v) is 2.38. The van der Waals surface area contributed by atoms with Crippen LogP contribution in [-0.2, 0) is 11.3 Å². The summed E-state index contributed by atoms with van der Waals surface area (Å²) in [5.74, 6) is 0. The molecule has 0 N–H and O–H groups in total. The van der Waals surface area contributed by atoms with Crippen LogP contribution in [0.3, 0.4) is 0 Å². The first kappa shape index (κ1) is 15.4. The molecule has 1 aromatic heterocycles. The first-order chi connectivity index (χ1) is 8.71. The minimum absolute atomic E-state index is 0.559. The van der Waals surface area contributed by atoms with Gasteiger partial charge in [-0.05, 0) is 30.5 Å². The fourth-order valence-electron chi connectivity index (χ4n) is 2.18. The lowest BCUT2D eigenvalue weighted by molar-refractivity contribution is 0.110. The zero-order valence-corrected chi connectivity index (χ0v) is 12.3. The lowest BCUT2D eigenvalue weighted by Crippen LogP contribution is -2.36. The van der Waals surface area contributed by atoms with Crippen LogP contribution in [-0.4, -0.2) is 36.2 Å². The second kappa shape index (κ2) is 8.46. The van der Waals surface area contributed by atoms with Gasteiger partial charge in [-0.2, -0.15) is 0 Å². The molecule has 1 rings (SSSR count). The van der Waals surface area contributed by atoms with Crippen molar-refractivity contribution in [2.24, 2.45) is 0 Å². The van der Waals surface area contributed by atoms with Gasteiger partial charge >= 0.3 is 0 Å². The van der Waals surface area contributed by atoms with Crippen molar-refractivity contribution in [3.63, 3.8) is 0 Å². The average molecular weight is 271 g/mol. The molecule has 0 aliphatic rings. The maximum absolute atomic E-state index is 5.93. The molecule has 102 valence electrons. The lowest BCUT2D eigenvalue weighted by Gasteiger charge is -2.30. The standard InChI is InChI=1S/C14H23ClN2O/c1-4-13(5-2)17(8-9-18-3)11-12-6-7-16-14(15)10-12/h6-7,10,13H,4-5,8-9,11H2,1-3H3. The fraction of sp³-hybridized carbons (Fsp3) is 0.643. The molecular weight excluding hydrogens is 248 g/mol. The smallest absolute Gasteiger partial charge is 0.129 e. The summed E-state index contributed by atoms with van der Waals surface area (Å²) in [4.78, 5) is 6.47. The van der Waals surface area contributed by atoms with E-state index in [1.54, 1.807) is 13.3 Å². The van der Waals surface area contributed by atoms with E-state index in [2.05, 4.69) is 23.7 Å². The summed E-state index contributed by atoms with van der Waals surface area (Å²) in [6.45, 7) is 7.07. The van der Waals surface area contributed by atoms with Gasteiger partial charge in [-0.3, -0.25) is 4.90 Å². The van der Waals surface area contributed by atoms with Gasteiger partial charge in [0, 0.05) is 32.4 Å². The van der Waals surface area contributed by atoms with Gasteiger partial charge < -0.3 is 4.74 Å². The van der Waals surface area contributed by atoms with Crippen molar-refractivity contribution < 1.29 is 4.74 Å². The highest BCUT2D eigenvalue weighted by Gasteiger charge is 2.15. The number of pyridine rings is 1. The molecular formula is C14H23ClN2O. The number of halogens is 1. The first-order valence-electron chi connectivity index (χ1n) is 6.54. The predicted octanol–water partition coefficient (Wildman–Crippen LogP) is 3.37. The molecule has 1 aromatic rings. The minimum atomic E-state index is 0.559. The highest BCUT2D eigenvalue weighted by atomic mass is 35.5. The molecule has 1 heterocycles. The van der Waals surface area contributed by atoms with Crippen molar-refractivity contribution in [2.75, 3.05) is 20.3 Å². The summed E-state index contributed by atoms with van der Waals surface area (Å²) in [6.07, 6.45) is 4.07. The summed E-state index contributed by atoms with van der Waals surface area (Å²) in [5.41, 5.74) is 1.21. The van der Waals surface area contributed by atoms with Gasteiger partial charge in [-0.25, -0.2) is 4.98 Å². The van der Waals surface area contributed by atoms with Gasteiger partial charge in [0.05, 0.1) is 6.61 Å². The molecule has 18 heavy (non-hydrogen) atoms. The summed E-state index contributed by atoms with van der Waals surface area (Å²) in [7, 11) is 1.74. The topological polar surface area (TPSA) is 25.4 Å². The van der Waals surface area contributed by atoms with Crippen LogP contribution >= 0.6 is 11.6 Å². The average Bonchev–Trinajstić information content (AvgIpc) is 2.37. The van der Waals surface area contributed by atoms with E-state index in [4.69, 9.17) is 16.3 Å². The highest BCUT2D eigenvalue weighted by Crippen LogP contribution is 2.15. The van der Waals surface area contributed by atoms with E-state index in [0.29, 0.717) is 11.2 Å². The quantitative estimate of drug-likeness (QED) is 0.677. The second-order valence-corrected chi connectivity index (χ2v) is 4.81. The van der Waals surface area contributed by atoms with Crippen molar-refractivity contribution in [3.05, 3.63) is 29.0 Å². The molecule has 0 saturated carbocycles. The molecule has 0 saturated heterocycles. The molecule has 0 amide bonds. The number of aromatic nitrogens is 1. The third kappa shape index (κ3) is 4.92. The molecule has 3 nitrogen and oxygen atoms in total. The van der Waals surface area contributed by atoms with Gasteiger partial charge in [-0.15, -0.1) is 0 Å². The van der Waals surface area contributed by atoms with E-state index in [1.165, 1.54) is 5.56 Å². The van der Waals surface area contributed by atoms with Crippen molar-refractivity contribution in [1.29, 1.82) is 0 Å². The Labute approximate surface area is 115 Å². The summed E-state index contributed by atoms with van der Waals surface area (Å²) >= 11 is 5.93. The summed E-state index contributed by atoms with van der Waals surface area (Å²) in [5, 5.41) is 0.559. The number of ether oxygens (including phenoxy) is 1. The van der Waals surface area contributed by atoms with Crippen molar-refractivity contribution >= 4 is 11.6 Å². The molecule has 0 radical (unpaired) electrons. The third-order valence-electron chi connectivity index (χ3n) is 3.22. The molecule has 0 atom stereocenters. The number of methoxy groups -OCH3 is 1. The van der Waals surface area contributed by atoms with Crippen LogP contribution < -0.4 is 0 Å². The molecule has 0 aromatic carbocycles. The Bertz CT molecular complexity index is 342.